The van der Waals surface area contributed by atoms with Crippen LogP contribution in [0.2, 0.25) is 0 Å². The number of allylic oxidation sites excluding steroid dienone is 4. The molecule has 0 fully saturated rings. The first-order chi connectivity index (χ1) is 27.5. The van der Waals surface area contributed by atoms with Crippen molar-refractivity contribution in [3.63, 3.8) is 0 Å². The van der Waals surface area contributed by atoms with Crippen LogP contribution in [0.5, 0.6) is 0 Å². The second kappa shape index (κ2) is 45.6. The van der Waals surface area contributed by atoms with Crippen LogP contribution in [0.3, 0.4) is 0 Å². The monoisotopic (exact) mass is 789 g/mol. The minimum absolute atomic E-state index is 0.0757. The maximum atomic E-state index is 12.7. The molecule has 0 amide bonds. The molecule has 6 nitrogen and oxygen atoms in total. The van der Waals surface area contributed by atoms with Gasteiger partial charge in [0.15, 0.2) is 6.10 Å². The Morgan fingerprint density at radius 3 is 0.964 bits per heavy atom. The zero-order valence-electron chi connectivity index (χ0n) is 37.4. The molecule has 6 heteroatoms. The van der Waals surface area contributed by atoms with Gasteiger partial charge in [0.1, 0.15) is 13.2 Å². The Kier molecular flexibility index (Phi) is 43.9. The summed E-state index contributed by atoms with van der Waals surface area (Å²) in [5, 5.41) is 0. The van der Waals surface area contributed by atoms with E-state index in [1.54, 1.807) is 0 Å². The molecule has 0 heterocycles. The molecule has 0 saturated carbocycles. The van der Waals surface area contributed by atoms with Gasteiger partial charge in [-0.15, -0.1) is 0 Å². The van der Waals surface area contributed by atoms with Crippen molar-refractivity contribution in [1.29, 1.82) is 0 Å². The lowest BCUT2D eigenvalue weighted by Crippen LogP contribution is -2.30. The highest BCUT2D eigenvalue weighted by molar-refractivity contribution is 5.71. The predicted molar refractivity (Wildman–Crippen MR) is 238 cm³/mol. The maximum Gasteiger partial charge on any atom is 0.306 e. The average molecular weight is 789 g/mol. The van der Waals surface area contributed by atoms with Crippen LogP contribution in [-0.2, 0) is 28.6 Å². The number of ether oxygens (including phenoxy) is 3. The smallest absolute Gasteiger partial charge is 0.306 e. The maximum absolute atomic E-state index is 12.7. The summed E-state index contributed by atoms with van der Waals surface area (Å²) in [7, 11) is 0. The van der Waals surface area contributed by atoms with Crippen molar-refractivity contribution in [1.82, 2.24) is 0 Å². The highest BCUT2D eigenvalue weighted by Gasteiger charge is 2.19. The summed E-state index contributed by atoms with van der Waals surface area (Å²) >= 11 is 0. The lowest BCUT2D eigenvalue weighted by Gasteiger charge is -2.18. The van der Waals surface area contributed by atoms with Crippen LogP contribution in [0.25, 0.3) is 0 Å². The largest absolute Gasteiger partial charge is 0.462 e. The van der Waals surface area contributed by atoms with Crippen molar-refractivity contribution >= 4 is 17.9 Å². The first kappa shape index (κ1) is 53.9. The fourth-order valence-electron chi connectivity index (χ4n) is 7.02. The topological polar surface area (TPSA) is 78.9 Å². The van der Waals surface area contributed by atoms with Gasteiger partial charge < -0.3 is 14.2 Å². The number of unbranched alkanes of at least 4 members (excludes halogenated alkanes) is 30. The molecule has 0 N–H and O–H groups in total. The van der Waals surface area contributed by atoms with Gasteiger partial charge in [-0.1, -0.05) is 218 Å². The van der Waals surface area contributed by atoms with Crippen LogP contribution in [0, 0.1) is 0 Å². The quantitative estimate of drug-likeness (QED) is 0.0265. The normalized spacial score (nSPS) is 12.1. The second-order valence-electron chi connectivity index (χ2n) is 16.4. The third-order valence-electron chi connectivity index (χ3n) is 10.7. The van der Waals surface area contributed by atoms with E-state index in [0.717, 1.165) is 70.6 Å². The van der Waals surface area contributed by atoms with Crippen LogP contribution in [0.15, 0.2) is 24.3 Å². The predicted octanol–water partition coefficient (Wildman–Crippen LogP) is 15.6. The van der Waals surface area contributed by atoms with E-state index in [0.29, 0.717) is 19.3 Å². The van der Waals surface area contributed by atoms with Crippen molar-refractivity contribution in [3.05, 3.63) is 24.3 Å². The number of rotatable bonds is 44. The van der Waals surface area contributed by atoms with Gasteiger partial charge in [0, 0.05) is 19.3 Å². The van der Waals surface area contributed by atoms with E-state index < -0.39 is 6.10 Å². The number of carbonyl (C=O) groups excluding carboxylic acids is 3. The molecular weight excluding hydrogens is 697 g/mol. The molecule has 0 aliphatic carbocycles. The molecule has 0 saturated heterocycles. The Bertz CT molecular complexity index is 911. The van der Waals surface area contributed by atoms with Gasteiger partial charge in [-0.2, -0.15) is 0 Å². The second-order valence-corrected chi connectivity index (χ2v) is 16.4. The lowest BCUT2D eigenvalue weighted by atomic mass is 10.0. The van der Waals surface area contributed by atoms with Gasteiger partial charge in [0.25, 0.3) is 0 Å². The molecule has 0 aromatic carbocycles. The third kappa shape index (κ3) is 43.0. The Balaban J connectivity index is 4.35. The van der Waals surface area contributed by atoms with Gasteiger partial charge in [0.05, 0.1) is 0 Å². The summed E-state index contributed by atoms with van der Waals surface area (Å²) < 4.78 is 16.7. The van der Waals surface area contributed by atoms with Gasteiger partial charge in [-0.3, -0.25) is 14.4 Å². The van der Waals surface area contributed by atoms with Crippen molar-refractivity contribution < 1.29 is 28.6 Å². The van der Waals surface area contributed by atoms with E-state index in [2.05, 4.69) is 45.1 Å². The number of hydrogen-bond acceptors (Lipinski definition) is 6. The Hall–Kier alpha value is -2.11. The summed E-state index contributed by atoms with van der Waals surface area (Å²) in [6.45, 7) is 6.60. The van der Waals surface area contributed by atoms with Gasteiger partial charge >= 0.3 is 17.9 Å². The minimum Gasteiger partial charge on any atom is -0.462 e. The molecule has 0 aromatic heterocycles. The molecule has 0 aromatic rings. The molecular formula is C50H92O6. The molecule has 0 aliphatic heterocycles. The van der Waals surface area contributed by atoms with E-state index in [9.17, 15) is 14.4 Å². The van der Waals surface area contributed by atoms with Gasteiger partial charge in [-0.05, 0) is 44.9 Å². The highest BCUT2D eigenvalue weighted by Crippen LogP contribution is 2.15. The van der Waals surface area contributed by atoms with Crippen LogP contribution >= 0.6 is 0 Å². The molecule has 1 unspecified atom stereocenters. The van der Waals surface area contributed by atoms with Crippen molar-refractivity contribution in [2.45, 2.75) is 264 Å². The molecule has 0 spiro atoms. The average Bonchev–Trinajstić information content (AvgIpc) is 3.19. The summed E-state index contributed by atoms with van der Waals surface area (Å²) in [5.74, 6) is -0.897. The van der Waals surface area contributed by atoms with Crippen molar-refractivity contribution in [2.75, 3.05) is 13.2 Å². The first-order valence-electron chi connectivity index (χ1n) is 24.4. The molecule has 56 heavy (non-hydrogen) atoms. The van der Waals surface area contributed by atoms with Crippen LogP contribution < -0.4 is 0 Å². The van der Waals surface area contributed by atoms with E-state index in [1.165, 1.54) is 148 Å². The lowest BCUT2D eigenvalue weighted by molar-refractivity contribution is -0.167. The van der Waals surface area contributed by atoms with Crippen molar-refractivity contribution in [2.24, 2.45) is 0 Å². The highest BCUT2D eigenvalue weighted by atomic mass is 16.6. The molecule has 0 radical (unpaired) electrons. The molecule has 0 aliphatic rings. The van der Waals surface area contributed by atoms with E-state index in [4.69, 9.17) is 14.2 Å². The van der Waals surface area contributed by atoms with E-state index in [-0.39, 0.29) is 31.1 Å². The van der Waals surface area contributed by atoms with Crippen LogP contribution in [-0.4, -0.2) is 37.2 Å². The third-order valence-corrected chi connectivity index (χ3v) is 10.7. The summed E-state index contributed by atoms with van der Waals surface area (Å²) in [5.41, 5.74) is 0. The zero-order chi connectivity index (χ0) is 40.8. The van der Waals surface area contributed by atoms with E-state index in [1.807, 2.05) is 0 Å². The Morgan fingerprint density at radius 1 is 0.357 bits per heavy atom. The van der Waals surface area contributed by atoms with Crippen molar-refractivity contribution in [3.8, 4) is 0 Å². The van der Waals surface area contributed by atoms with E-state index >= 15 is 0 Å². The summed E-state index contributed by atoms with van der Waals surface area (Å²) in [6.07, 6.45) is 50.2. The minimum atomic E-state index is -0.774. The fourth-order valence-corrected chi connectivity index (χ4v) is 7.02. The Labute approximate surface area is 347 Å². The molecule has 1 atom stereocenters. The first-order valence-corrected chi connectivity index (χ1v) is 24.4. The SMILES string of the molecule is CCCCCCCCC/C=C\C=C/CCCCCC(=O)OCC(COC(=O)CCCCCCCCCCC)OC(=O)CCCCCCCCCCCCCCC. The number of carbonyl (C=O) groups is 3. The van der Waals surface area contributed by atoms with Crippen LogP contribution in [0.1, 0.15) is 258 Å². The number of hydrogen-bond donors (Lipinski definition) is 0. The Morgan fingerprint density at radius 2 is 0.625 bits per heavy atom. The zero-order valence-corrected chi connectivity index (χ0v) is 37.4. The summed E-state index contributed by atoms with van der Waals surface area (Å²) in [6, 6.07) is 0. The molecule has 0 rings (SSSR count). The molecule has 0 bridgehead atoms. The van der Waals surface area contributed by atoms with Gasteiger partial charge in [0.2, 0.25) is 0 Å². The summed E-state index contributed by atoms with van der Waals surface area (Å²) in [4.78, 5) is 37.7. The number of esters is 3. The van der Waals surface area contributed by atoms with Crippen LogP contribution in [0.4, 0.5) is 0 Å². The fraction of sp³-hybridized carbons (Fsp3) is 0.860. The standard InChI is InChI=1S/C50H92O6/c1-4-7-10-13-16-19-21-23-24-25-27-28-31-34-37-40-43-49(52)55-46-47(45-54-48(51)42-39-36-33-30-18-15-12-9-6-3)56-50(53)44-41-38-35-32-29-26-22-20-17-14-11-8-5-2/h24-25,27-28,47H,4-23,26,29-46H2,1-3H3/b25-24-,28-27-. The molecule has 328 valence electrons. The van der Waals surface area contributed by atoms with Gasteiger partial charge in [-0.25, -0.2) is 0 Å².